The number of hydrogen-bond acceptors (Lipinski definition) is 6. The van der Waals surface area contributed by atoms with Crippen molar-refractivity contribution in [2.75, 3.05) is 7.11 Å². The van der Waals surface area contributed by atoms with E-state index in [1.165, 1.54) is 12.1 Å². The van der Waals surface area contributed by atoms with E-state index in [1.807, 2.05) is 0 Å². The van der Waals surface area contributed by atoms with Crippen molar-refractivity contribution in [3.05, 3.63) is 23.8 Å². The summed E-state index contributed by atoms with van der Waals surface area (Å²) < 4.78 is 4.37. The Morgan fingerprint density at radius 1 is 1.35 bits per heavy atom. The molecule has 7 heteroatoms. The van der Waals surface area contributed by atoms with Crippen LogP contribution in [0.1, 0.15) is 11.7 Å². The molecule has 0 radical (unpaired) electrons. The molecule has 0 fully saturated rings. The summed E-state index contributed by atoms with van der Waals surface area (Å²) in [5.74, 6) is -1.48. The number of aromatic hydroxyl groups is 2. The van der Waals surface area contributed by atoms with Crippen molar-refractivity contribution < 1.29 is 24.9 Å². The zero-order valence-corrected chi connectivity index (χ0v) is 9.85. The van der Waals surface area contributed by atoms with E-state index in [1.54, 1.807) is 0 Å². The van der Waals surface area contributed by atoms with Crippen LogP contribution in [0.15, 0.2) is 18.2 Å². The fraction of sp³-hybridized carbons (Fsp3) is 0.300. The highest BCUT2D eigenvalue weighted by atomic mass is 35.5. The Labute approximate surface area is 104 Å². The molecule has 0 saturated carbocycles. The summed E-state index contributed by atoms with van der Waals surface area (Å²) in [6.45, 7) is 0. The summed E-state index contributed by atoms with van der Waals surface area (Å²) >= 11 is 0. The van der Waals surface area contributed by atoms with Crippen LogP contribution >= 0.6 is 12.4 Å². The van der Waals surface area contributed by atoms with Crippen molar-refractivity contribution in [2.45, 2.75) is 12.1 Å². The van der Waals surface area contributed by atoms with Gasteiger partial charge in [0.25, 0.3) is 0 Å². The largest absolute Gasteiger partial charge is 0.504 e. The Bertz CT molecular complexity index is 398. The van der Waals surface area contributed by atoms with Gasteiger partial charge in [-0.05, 0) is 17.7 Å². The number of rotatable bonds is 3. The highest BCUT2D eigenvalue weighted by Crippen LogP contribution is 2.28. The summed E-state index contributed by atoms with van der Waals surface area (Å²) in [6, 6.07) is 2.43. The molecule has 6 nitrogen and oxygen atoms in total. The van der Waals surface area contributed by atoms with E-state index in [9.17, 15) is 15.0 Å². The average molecular weight is 264 g/mol. The van der Waals surface area contributed by atoms with Gasteiger partial charge in [-0.15, -0.1) is 12.4 Å². The number of phenols is 2. The minimum Gasteiger partial charge on any atom is -0.504 e. The minimum absolute atomic E-state index is 0. The number of aliphatic hydroxyl groups is 1. The van der Waals surface area contributed by atoms with Gasteiger partial charge < -0.3 is 25.8 Å². The van der Waals surface area contributed by atoms with E-state index in [0.717, 1.165) is 13.2 Å². The molecule has 96 valence electrons. The van der Waals surface area contributed by atoms with Gasteiger partial charge in [0.1, 0.15) is 12.1 Å². The number of phenolic OH excluding ortho intramolecular Hbond substituents is 2. The topological polar surface area (TPSA) is 113 Å². The van der Waals surface area contributed by atoms with E-state index in [4.69, 9.17) is 10.8 Å². The second-order valence-corrected chi connectivity index (χ2v) is 3.24. The maximum Gasteiger partial charge on any atom is 0.325 e. The predicted molar refractivity (Wildman–Crippen MR) is 62.0 cm³/mol. The van der Waals surface area contributed by atoms with E-state index in [-0.39, 0.29) is 23.7 Å². The standard InChI is InChI=1S/C10H13NO5.ClH/c1-16-10(15)8(11)9(14)5-2-3-6(12)7(13)4-5;/h2-4,8-9,12-14H,11H2,1H3;1H/t8-,9?;/m0./s1. The minimum atomic E-state index is -1.31. The molecule has 0 aliphatic rings. The van der Waals surface area contributed by atoms with Gasteiger partial charge in [-0.1, -0.05) is 6.07 Å². The lowest BCUT2D eigenvalue weighted by molar-refractivity contribution is -0.145. The fourth-order valence-electron chi connectivity index (χ4n) is 1.20. The van der Waals surface area contributed by atoms with Gasteiger partial charge in [0.05, 0.1) is 7.11 Å². The molecule has 1 unspecified atom stereocenters. The molecule has 0 aliphatic carbocycles. The van der Waals surface area contributed by atoms with E-state index in [2.05, 4.69) is 4.74 Å². The molecule has 0 aliphatic heterocycles. The van der Waals surface area contributed by atoms with Crippen LogP contribution < -0.4 is 5.73 Å². The Morgan fingerprint density at radius 3 is 2.41 bits per heavy atom. The molecule has 0 bridgehead atoms. The van der Waals surface area contributed by atoms with Crippen LogP contribution in [-0.4, -0.2) is 34.4 Å². The first kappa shape index (κ1) is 15.5. The van der Waals surface area contributed by atoms with Crippen molar-refractivity contribution in [3.63, 3.8) is 0 Å². The quantitative estimate of drug-likeness (QED) is 0.453. The Kier molecular flexibility index (Phi) is 5.73. The van der Waals surface area contributed by atoms with Crippen LogP contribution in [0.3, 0.4) is 0 Å². The Balaban J connectivity index is 0.00000256. The number of hydrogen-bond donors (Lipinski definition) is 4. The number of carbonyl (C=O) groups is 1. The Morgan fingerprint density at radius 2 is 1.94 bits per heavy atom. The molecule has 0 saturated heterocycles. The van der Waals surface area contributed by atoms with Crippen LogP contribution in [0.25, 0.3) is 0 Å². The van der Waals surface area contributed by atoms with Crippen molar-refractivity contribution >= 4 is 18.4 Å². The number of esters is 1. The van der Waals surface area contributed by atoms with Gasteiger partial charge in [-0.3, -0.25) is 4.79 Å². The molecule has 1 aromatic carbocycles. The monoisotopic (exact) mass is 263 g/mol. The van der Waals surface area contributed by atoms with Gasteiger partial charge in [0.2, 0.25) is 0 Å². The van der Waals surface area contributed by atoms with E-state index in [0.29, 0.717) is 0 Å². The molecule has 17 heavy (non-hydrogen) atoms. The lowest BCUT2D eigenvalue weighted by Crippen LogP contribution is -2.37. The molecular formula is C10H14ClNO5. The third-order valence-corrected chi connectivity index (χ3v) is 2.15. The van der Waals surface area contributed by atoms with Crippen LogP contribution in [-0.2, 0) is 9.53 Å². The van der Waals surface area contributed by atoms with Crippen LogP contribution in [0, 0.1) is 0 Å². The highest BCUT2D eigenvalue weighted by Gasteiger charge is 2.25. The van der Waals surface area contributed by atoms with Crippen molar-refractivity contribution in [1.29, 1.82) is 0 Å². The second-order valence-electron chi connectivity index (χ2n) is 3.24. The number of aliphatic hydroxyl groups excluding tert-OH is 1. The first-order chi connectivity index (χ1) is 7.47. The maximum atomic E-state index is 11.1. The number of halogens is 1. The van der Waals surface area contributed by atoms with Gasteiger partial charge in [-0.2, -0.15) is 0 Å². The summed E-state index contributed by atoms with van der Waals surface area (Å²) in [5.41, 5.74) is 5.64. The zero-order chi connectivity index (χ0) is 12.3. The molecule has 0 aromatic heterocycles. The number of carbonyl (C=O) groups excluding carboxylic acids is 1. The first-order valence-electron chi connectivity index (χ1n) is 4.50. The third kappa shape index (κ3) is 3.48. The van der Waals surface area contributed by atoms with Crippen molar-refractivity contribution in [2.24, 2.45) is 5.73 Å². The van der Waals surface area contributed by atoms with E-state index < -0.39 is 23.9 Å². The zero-order valence-electron chi connectivity index (χ0n) is 9.03. The van der Waals surface area contributed by atoms with Crippen molar-refractivity contribution in [3.8, 4) is 11.5 Å². The lowest BCUT2D eigenvalue weighted by atomic mass is 10.0. The van der Waals surface area contributed by atoms with Crippen LogP contribution in [0.5, 0.6) is 11.5 Å². The molecule has 2 atom stereocenters. The molecule has 1 aromatic rings. The first-order valence-corrected chi connectivity index (χ1v) is 4.50. The summed E-state index contributed by atoms with van der Waals surface area (Å²) in [4.78, 5) is 11.1. The molecule has 5 N–H and O–H groups in total. The average Bonchev–Trinajstić information content (AvgIpc) is 2.29. The maximum absolute atomic E-state index is 11.1. The smallest absolute Gasteiger partial charge is 0.325 e. The second kappa shape index (κ2) is 6.29. The number of methoxy groups -OCH3 is 1. The Hall–Kier alpha value is -1.50. The number of benzene rings is 1. The van der Waals surface area contributed by atoms with Gasteiger partial charge >= 0.3 is 5.97 Å². The van der Waals surface area contributed by atoms with Crippen LogP contribution in [0.2, 0.25) is 0 Å². The number of ether oxygens (including phenoxy) is 1. The molecule has 0 heterocycles. The molecule has 0 amide bonds. The van der Waals surface area contributed by atoms with Gasteiger partial charge in [-0.25, -0.2) is 0 Å². The summed E-state index contributed by atoms with van der Waals surface area (Å²) in [7, 11) is 1.16. The molecule has 1 rings (SSSR count). The lowest BCUT2D eigenvalue weighted by Gasteiger charge is -2.17. The SMILES string of the molecule is COC(=O)[C@@H](N)C(O)c1ccc(O)c(O)c1.Cl. The van der Waals surface area contributed by atoms with Gasteiger partial charge in [0.15, 0.2) is 11.5 Å². The summed E-state index contributed by atoms with van der Waals surface area (Å²) in [5, 5.41) is 28.0. The fourth-order valence-corrected chi connectivity index (χ4v) is 1.20. The van der Waals surface area contributed by atoms with E-state index >= 15 is 0 Å². The third-order valence-electron chi connectivity index (χ3n) is 2.15. The van der Waals surface area contributed by atoms with Gasteiger partial charge in [0, 0.05) is 0 Å². The van der Waals surface area contributed by atoms with Crippen molar-refractivity contribution in [1.82, 2.24) is 0 Å². The normalized spacial score (nSPS) is 13.4. The van der Waals surface area contributed by atoms with Crippen LogP contribution in [0.4, 0.5) is 0 Å². The highest BCUT2D eigenvalue weighted by molar-refractivity contribution is 5.85. The summed E-state index contributed by atoms with van der Waals surface area (Å²) in [6.07, 6.45) is -1.31. The molecular weight excluding hydrogens is 250 g/mol. The number of nitrogens with two attached hydrogens (primary N) is 1. The predicted octanol–water partition coefficient (Wildman–Crippen LogP) is 0.0533. The molecule has 0 spiro atoms.